The number of nitrogens with zero attached hydrogens (tertiary/aromatic N) is 2. The summed E-state index contributed by atoms with van der Waals surface area (Å²) < 4.78 is 0. The lowest BCUT2D eigenvalue weighted by molar-refractivity contribution is 0.309. The molecule has 3 heteroatoms. The molecule has 47 valence electrons. The third kappa shape index (κ3) is 2.44. The van der Waals surface area contributed by atoms with Gasteiger partial charge in [0.2, 0.25) is 6.34 Å². The third-order valence-corrected chi connectivity index (χ3v) is 0.950. The zero-order valence-electron chi connectivity index (χ0n) is 5.26. The highest BCUT2D eigenvalue weighted by Crippen LogP contribution is 1.78. The fourth-order valence-corrected chi connectivity index (χ4v) is 0.428. The zero-order valence-corrected chi connectivity index (χ0v) is 5.26. The first-order valence-electron chi connectivity index (χ1n) is 2.69. The Morgan fingerprint density at radius 1 is 1.50 bits per heavy atom. The predicted octanol–water partition coefficient (Wildman–Crippen LogP) is 0.623. The summed E-state index contributed by atoms with van der Waals surface area (Å²) >= 11 is 0. The van der Waals surface area contributed by atoms with Crippen molar-refractivity contribution in [2.24, 2.45) is 5.16 Å². The van der Waals surface area contributed by atoms with Gasteiger partial charge in [0.05, 0.1) is 0 Å². The van der Waals surface area contributed by atoms with E-state index in [0.29, 0.717) is 0 Å². The molecule has 0 atom stereocenters. The second-order valence-corrected chi connectivity index (χ2v) is 1.37. The first-order chi connectivity index (χ1) is 3.85. The van der Waals surface area contributed by atoms with Crippen LogP contribution in [0.25, 0.3) is 0 Å². The lowest BCUT2D eigenvalue weighted by Crippen LogP contribution is -2.20. The minimum atomic E-state index is 0.834. The van der Waals surface area contributed by atoms with Gasteiger partial charge in [0.1, 0.15) is 0 Å². The van der Waals surface area contributed by atoms with Crippen molar-refractivity contribution < 1.29 is 5.21 Å². The van der Waals surface area contributed by atoms with Gasteiger partial charge in [-0.05, 0) is 13.8 Å². The van der Waals surface area contributed by atoms with E-state index >= 15 is 0 Å². The van der Waals surface area contributed by atoms with Crippen molar-refractivity contribution in [3.63, 3.8) is 0 Å². The van der Waals surface area contributed by atoms with Crippen LogP contribution < -0.4 is 0 Å². The Bertz CT molecular complexity index is 68.8. The molecule has 0 aliphatic carbocycles. The summed E-state index contributed by atoms with van der Waals surface area (Å²) in [7, 11) is 0. The molecule has 0 heterocycles. The Morgan fingerprint density at radius 3 is 2.12 bits per heavy atom. The molecule has 0 bridgehead atoms. The molecule has 0 amide bonds. The molecule has 0 aliphatic heterocycles. The molecule has 3 nitrogen and oxygen atoms in total. The average molecular weight is 115 g/mol. The van der Waals surface area contributed by atoms with Gasteiger partial charge in [-0.3, -0.25) is 0 Å². The topological polar surface area (TPSA) is 35.8 Å². The molecule has 0 fully saturated rings. The van der Waals surface area contributed by atoms with Crippen LogP contribution in [0.15, 0.2) is 5.16 Å². The van der Waals surface area contributed by atoms with Crippen molar-refractivity contribution in [3.05, 3.63) is 0 Å². The summed E-state index contributed by atoms with van der Waals surface area (Å²) in [5.41, 5.74) is 0. The number of hydrogen-bond donors (Lipinski definition) is 1. The van der Waals surface area contributed by atoms with Gasteiger partial charge in [-0.15, -0.1) is 0 Å². The lowest BCUT2D eigenvalue weighted by Gasteiger charge is -2.09. The minimum absolute atomic E-state index is 0.834. The van der Waals surface area contributed by atoms with Crippen LogP contribution in [-0.4, -0.2) is 29.5 Å². The largest absolute Gasteiger partial charge is 0.409 e. The van der Waals surface area contributed by atoms with E-state index in [0.717, 1.165) is 13.1 Å². The van der Waals surface area contributed by atoms with E-state index < -0.39 is 0 Å². The lowest BCUT2D eigenvalue weighted by atomic mass is 10.6. The van der Waals surface area contributed by atoms with Crippen LogP contribution in [0.5, 0.6) is 0 Å². The maximum absolute atomic E-state index is 7.97. The summed E-state index contributed by atoms with van der Waals surface area (Å²) in [5, 5.41) is 10.7. The normalized spacial score (nSPS) is 10.2. The standard InChI is InChI=1S/C5H11N2O/c1-3-7(4-2)5-6-8/h8H,3-4H2,1-2H3. The first kappa shape index (κ1) is 7.27. The van der Waals surface area contributed by atoms with Gasteiger partial charge in [0.25, 0.3) is 0 Å². The van der Waals surface area contributed by atoms with Crippen LogP contribution >= 0.6 is 0 Å². The second kappa shape index (κ2) is 4.43. The fourth-order valence-electron chi connectivity index (χ4n) is 0.428. The molecule has 0 saturated heterocycles. The van der Waals surface area contributed by atoms with Crippen LogP contribution in [0.4, 0.5) is 0 Å². The Kier molecular flexibility index (Phi) is 4.03. The van der Waals surface area contributed by atoms with Crippen molar-refractivity contribution >= 4 is 6.34 Å². The zero-order chi connectivity index (χ0) is 6.41. The van der Waals surface area contributed by atoms with Crippen LogP contribution in [0.1, 0.15) is 13.8 Å². The highest BCUT2D eigenvalue weighted by atomic mass is 16.4. The van der Waals surface area contributed by atoms with E-state index in [1.54, 1.807) is 4.90 Å². The Balaban J connectivity index is 3.36. The van der Waals surface area contributed by atoms with Crippen molar-refractivity contribution in [1.82, 2.24) is 4.90 Å². The maximum Gasteiger partial charge on any atom is 0.214 e. The van der Waals surface area contributed by atoms with Gasteiger partial charge < -0.3 is 10.1 Å². The minimum Gasteiger partial charge on any atom is -0.409 e. The first-order valence-corrected chi connectivity index (χ1v) is 2.69. The van der Waals surface area contributed by atoms with Crippen molar-refractivity contribution in [2.75, 3.05) is 13.1 Å². The Hall–Kier alpha value is -0.730. The monoisotopic (exact) mass is 115 g/mol. The quantitative estimate of drug-likeness (QED) is 0.192. The molecule has 0 spiro atoms. The molecule has 0 aromatic rings. The molecule has 0 rings (SSSR count). The molecule has 0 aliphatic rings. The molecular formula is C5H11N2O. The van der Waals surface area contributed by atoms with Crippen molar-refractivity contribution in [3.8, 4) is 0 Å². The van der Waals surface area contributed by atoms with Gasteiger partial charge in [-0.2, -0.15) is 0 Å². The molecule has 0 aromatic carbocycles. The highest BCUT2D eigenvalue weighted by molar-refractivity contribution is 5.53. The van der Waals surface area contributed by atoms with Crippen LogP contribution in [0, 0.1) is 0 Å². The maximum atomic E-state index is 7.97. The molecule has 0 saturated carbocycles. The van der Waals surface area contributed by atoms with E-state index in [1.165, 1.54) is 0 Å². The molecular weight excluding hydrogens is 104 g/mol. The average Bonchev–Trinajstić information content (AvgIpc) is 1.83. The van der Waals surface area contributed by atoms with E-state index in [2.05, 4.69) is 11.5 Å². The van der Waals surface area contributed by atoms with E-state index in [4.69, 9.17) is 5.21 Å². The van der Waals surface area contributed by atoms with Gasteiger partial charge in [-0.25, -0.2) is 0 Å². The molecule has 1 radical (unpaired) electrons. The van der Waals surface area contributed by atoms with Crippen LogP contribution in [-0.2, 0) is 0 Å². The fraction of sp³-hybridized carbons (Fsp3) is 0.800. The van der Waals surface area contributed by atoms with E-state index in [-0.39, 0.29) is 0 Å². The SMILES string of the molecule is CCN([C]=NO)CC. The predicted molar refractivity (Wildman–Crippen MR) is 32.1 cm³/mol. The van der Waals surface area contributed by atoms with E-state index in [9.17, 15) is 0 Å². The van der Waals surface area contributed by atoms with E-state index in [1.807, 2.05) is 13.8 Å². The Morgan fingerprint density at radius 2 is 2.00 bits per heavy atom. The molecule has 0 aromatic heterocycles. The summed E-state index contributed by atoms with van der Waals surface area (Å²) in [6.07, 6.45) is 2.40. The van der Waals surface area contributed by atoms with Crippen LogP contribution in [0.2, 0.25) is 0 Å². The number of rotatable bonds is 3. The van der Waals surface area contributed by atoms with Crippen molar-refractivity contribution in [2.45, 2.75) is 13.8 Å². The number of hydrogen-bond acceptors (Lipinski definition) is 2. The molecule has 8 heavy (non-hydrogen) atoms. The molecule has 0 unspecified atom stereocenters. The Labute approximate surface area is 49.6 Å². The summed E-state index contributed by atoms with van der Waals surface area (Å²) in [4.78, 5) is 1.76. The van der Waals surface area contributed by atoms with Gasteiger partial charge in [0.15, 0.2) is 0 Å². The summed E-state index contributed by atoms with van der Waals surface area (Å²) in [5.74, 6) is 0. The second-order valence-electron chi connectivity index (χ2n) is 1.37. The van der Waals surface area contributed by atoms with Gasteiger partial charge >= 0.3 is 0 Å². The summed E-state index contributed by atoms with van der Waals surface area (Å²) in [6.45, 7) is 5.62. The summed E-state index contributed by atoms with van der Waals surface area (Å²) in [6, 6.07) is 0. The smallest absolute Gasteiger partial charge is 0.214 e. The van der Waals surface area contributed by atoms with Crippen LogP contribution in [0.3, 0.4) is 0 Å². The van der Waals surface area contributed by atoms with Crippen molar-refractivity contribution in [1.29, 1.82) is 0 Å². The third-order valence-electron chi connectivity index (χ3n) is 0.950. The van der Waals surface area contributed by atoms with Gasteiger partial charge in [0, 0.05) is 13.1 Å². The van der Waals surface area contributed by atoms with Gasteiger partial charge in [-0.1, -0.05) is 5.16 Å². The highest BCUT2D eigenvalue weighted by Gasteiger charge is 1.89. The molecule has 1 N–H and O–H groups in total.